The molecule has 8 nitrogen and oxygen atoms in total. The first-order valence-corrected chi connectivity index (χ1v) is 5.32. The van der Waals surface area contributed by atoms with Gasteiger partial charge in [-0.25, -0.2) is 0 Å². The van der Waals surface area contributed by atoms with Crippen molar-refractivity contribution in [2.24, 2.45) is 0 Å². The van der Waals surface area contributed by atoms with Crippen LogP contribution < -0.4 is 5.32 Å². The summed E-state index contributed by atoms with van der Waals surface area (Å²) in [6.07, 6.45) is 0. The summed E-state index contributed by atoms with van der Waals surface area (Å²) < 4.78 is 0. The minimum atomic E-state index is -0.419. The molecule has 0 saturated carbocycles. The summed E-state index contributed by atoms with van der Waals surface area (Å²) in [5, 5.41) is 27.4. The van der Waals surface area contributed by atoms with Crippen molar-refractivity contribution in [3.63, 3.8) is 0 Å². The Morgan fingerprint density at radius 2 is 2.22 bits per heavy atom. The van der Waals surface area contributed by atoms with E-state index < -0.39 is 4.92 Å². The summed E-state index contributed by atoms with van der Waals surface area (Å²) in [6.45, 7) is 3.65. The molecule has 94 valence electrons. The molecule has 0 saturated heterocycles. The third-order valence-electron chi connectivity index (χ3n) is 2.41. The van der Waals surface area contributed by atoms with E-state index >= 15 is 0 Å². The summed E-state index contributed by atoms with van der Waals surface area (Å²) in [4.78, 5) is 10.3. The van der Waals surface area contributed by atoms with Crippen LogP contribution in [0.4, 0.5) is 11.4 Å². The Morgan fingerprint density at radius 1 is 1.44 bits per heavy atom. The molecule has 1 heterocycles. The van der Waals surface area contributed by atoms with Crippen LogP contribution in [0.3, 0.4) is 0 Å². The number of hydrogen-bond acceptors (Lipinski definition) is 6. The fourth-order valence-electron chi connectivity index (χ4n) is 1.62. The Hall–Kier alpha value is -2.51. The number of tetrazole rings is 1. The van der Waals surface area contributed by atoms with E-state index in [9.17, 15) is 10.1 Å². The number of aryl methyl sites for hydroxylation is 1. The predicted octanol–water partition coefficient (Wildman–Crippen LogP) is 1.59. The Labute approximate surface area is 103 Å². The molecule has 0 spiro atoms. The van der Waals surface area contributed by atoms with Crippen LogP contribution in [0.15, 0.2) is 18.2 Å². The molecule has 0 amide bonds. The van der Waals surface area contributed by atoms with Crippen LogP contribution in [0, 0.1) is 17.0 Å². The summed E-state index contributed by atoms with van der Waals surface area (Å²) in [5.74, 6) is 0.499. The number of aromatic amines is 1. The lowest BCUT2D eigenvalue weighted by Gasteiger charge is -2.11. The van der Waals surface area contributed by atoms with Gasteiger partial charge in [0.2, 0.25) is 0 Å². The van der Waals surface area contributed by atoms with Crippen molar-refractivity contribution in [3.8, 4) is 0 Å². The van der Waals surface area contributed by atoms with Gasteiger partial charge in [0.05, 0.1) is 11.0 Å². The van der Waals surface area contributed by atoms with Gasteiger partial charge in [0, 0.05) is 17.8 Å². The lowest BCUT2D eigenvalue weighted by atomic mass is 10.2. The van der Waals surface area contributed by atoms with Gasteiger partial charge in [-0.05, 0) is 25.5 Å². The number of non-ortho nitro benzene ring substituents is 1. The molecule has 8 heteroatoms. The highest BCUT2D eigenvalue weighted by Gasteiger charge is 2.13. The van der Waals surface area contributed by atoms with Crippen LogP contribution in [0.5, 0.6) is 0 Å². The molecule has 0 aliphatic carbocycles. The van der Waals surface area contributed by atoms with Crippen molar-refractivity contribution >= 4 is 11.4 Å². The van der Waals surface area contributed by atoms with Crippen molar-refractivity contribution in [3.05, 3.63) is 39.7 Å². The smallest absolute Gasteiger partial charge is 0.271 e. The van der Waals surface area contributed by atoms with E-state index in [0.717, 1.165) is 5.56 Å². The fourth-order valence-corrected chi connectivity index (χ4v) is 1.62. The number of H-pyrrole nitrogens is 1. The summed E-state index contributed by atoms with van der Waals surface area (Å²) >= 11 is 0. The summed E-state index contributed by atoms with van der Waals surface area (Å²) in [5.41, 5.74) is 1.52. The maximum atomic E-state index is 10.8. The molecule has 2 N–H and O–H groups in total. The van der Waals surface area contributed by atoms with Gasteiger partial charge in [-0.1, -0.05) is 5.21 Å². The molecule has 1 aromatic carbocycles. The van der Waals surface area contributed by atoms with Crippen LogP contribution in [0.2, 0.25) is 0 Å². The molecule has 0 aliphatic heterocycles. The molecule has 2 aromatic rings. The van der Waals surface area contributed by atoms with E-state index in [1.54, 1.807) is 6.92 Å². The molecule has 1 atom stereocenters. The van der Waals surface area contributed by atoms with E-state index in [1.807, 2.05) is 13.0 Å². The number of aromatic nitrogens is 4. The number of nitro benzene ring substituents is 1. The molecule has 0 aliphatic rings. The van der Waals surface area contributed by atoms with Crippen molar-refractivity contribution in [2.75, 3.05) is 5.32 Å². The molecule has 1 aromatic heterocycles. The zero-order chi connectivity index (χ0) is 13.1. The summed E-state index contributed by atoms with van der Waals surface area (Å²) in [6, 6.07) is 4.63. The van der Waals surface area contributed by atoms with E-state index in [2.05, 4.69) is 25.9 Å². The minimum Gasteiger partial charge on any atom is -0.375 e. The molecule has 1 unspecified atom stereocenters. The number of benzene rings is 1. The SMILES string of the molecule is Cc1cc(NC(C)c2nn[nH]n2)cc([N+](=O)[O-])c1. The van der Waals surface area contributed by atoms with Crippen LogP contribution >= 0.6 is 0 Å². The minimum absolute atomic E-state index is 0.0535. The Balaban J connectivity index is 2.21. The first-order valence-electron chi connectivity index (χ1n) is 5.32. The normalized spacial score (nSPS) is 12.1. The highest BCUT2D eigenvalue weighted by Crippen LogP contribution is 2.23. The molecule has 0 bridgehead atoms. The van der Waals surface area contributed by atoms with Gasteiger partial charge in [0.15, 0.2) is 5.82 Å². The molecular formula is C10H12N6O2. The van der Waals surface area contributed by atoms with Crippen LogP contribution in [-0.2, 0) is 0 Å². The maximum absolute atomic E-state index is 10.8. The van der Waals surface area contributed by atoms with Gasteiger partial charge >= 0.3 is 0 Å². The standard InChI is InChI=1S/C10H12N6O2/c1-6-3-8(5-9(4-6)16(17)18)11-7(2)10-12-14-15-13-10/h3-5,7,11H,1-2H3,(H,12,13,14,15). The third kappa shape index (κ3) is 2.59. The largest absolute Gasteiger partial charge is 0.375 e. The molecule has 2 rings (SSSR count). The highest BCUT2D eigenvalue weighted by atomic mass is 16.6. The average molecular weight is 248 g/mol. The van der Waals surface area contributed by atoms with Crippen LogP contribution in [-0.4, -0.2) is 25.5 Å². The first kappa shape index (κ1) is 12.0. The van der Waals surface area contributed by atoms with E-state index in [1.165, 1.54) is 12.1 Å². The van der Waals surface area contributed by atoms with Crippen molar-refractivity contribution in [2.45, 2.75) is 19.9 Å². The molecule has 18 heavy (non-hydrogen) atoms. The Bertz CT molecular complexity index is 554. The second kappa shape index (κ2) is 4.78. The average Bonchev–Trinajstić information content (AvgIpc) is 2.81. The second-order valence-electron chi connectivity index (χ2n) is 3.95. The first-order chi connectivity index (χ1) is 8.56. The van der Waals surface area contributed by atoms with Crippen LogP contribution in [0.1, 0.15) is 24.4 Å². The van der Waals surface area contributed by atoms with Gasteiger partial charge < -0.3 is 5.32 Å². The van der Waals surface area contributed by atoms with Crippen molar-refractivity contribution < 1.29 is 4.92 Å². The van der Waals surface area contributed by atoms with Crippen molar-refractivity contribution in [1.29, 1.82) is 0 Å². The van der Waals surface area contributed by atoms with Crippen molar-refractivity contribution in [1.82, 2.24) is 20.6 Å². The van der Waals surface area contributed by atoms with Gasteiger partial charge in [0.25, 0.3) is 5.69 Å². The zero-order valence-electron chi connectivity index (χ0n) is 9.91. The molecule has 0 fully saturated rings. The topological polar surface area (TPSA) is 110 Å². The van der Waals surface area contributed by atoms with E-state index in [-0.39, 0.29) is 11.7 Å². The van der Waals surface area contributed by atoms with Gasteiger partial charge in [-0.2, -0.15) is 5.21 Å². The quantitative estimate of drug-likeness (QED) is 0.628. The number of nitro groups is 1. The van der Waals surface area contributed by atoms with Gasteiger partial charge in [0.1, 0.15) is 0 Å². The highest BCUT2D eigenvalue weighted by molar-refractivity contribution is 5.54. The maximum Gasteiger partial charge on any atom is 0.271 e. The van der Waals surface area contributed by atoms with Gasteiger partial charge in [-0.15, -0.1) is 10.2 Å². The second-order valence-corrected chi connectivity index (χ2v) is 3.95. The van der Waals surface area contributed by atoms with E-state index in [4.69, 9.17) is 0 Å². The van der Waals surface area contributed by atoms with Gasteiger partial charge in [-0.3, -0.25) is 10.1 Å². The lowest BCUT2D eigenvalue weighted by molar-refractivity contribution is -0.384. The van der Waals surface area contributed by atoms with E-state index in [0.29, 0.717) is 11.5 Å². The molecule has 0 radical (unpaired) electrons. The number of anilines is 1. The number of hydrogen-bond donors (Lipinski definition) is 2. The lowest BCUT2D eigenvalue weighted by Crippen LogP contribution is -2.09. The monoisotopic (exact) mass is 248 g/mol. The Kier molecular flexibility index (Phi) is 3.18. The number of nitrogens with zero attached hydrogens (tertiary/aromatic N) is 4. The van der Waals surface area contributed by atoms with Crippen LogP contribution in [0.25, 0.3) is 0 Å². The fraction of sp³-hybridized carbons (Fsp3) is 0.300. The molecular weight excluding hydrogens is 236 g/mol. The zero-order valence-corrected chi connectivity index (χ0v) is 9.91. The Morgan fingerprint density at radius 3 is 2.83 bits per heavy atom. The summed E-state index contributed by atoms with van der Waals surface area (Å²) in [7, 11) is 0. The third-order valence-corrected chi connectivity index (χ3v) is 2.41. The number of nitrogens with one attached hydrogen (secondary N) is 2. The predicted molar refractivity (Wildman–Crippen MR) is 64.0 cm³/mol. The number of rotatable bonds is 4.